The number of ether oxygens (including phenoxy) is 1. The Bertz CT molecular complexity index is 971. The first-order valence-electron chi connectivity index (χ1n) is 8.67. The van der Waals surface area contributed by atoms with Crippen LogP contribution in [0.4, 0.5) is 0 Å². The van der Waals surface area contributed by atoms with E-state index in [0.29, 0.717) is 18.7 Å². The van der Waals surface area contributed by atoms with Gasteiger partial charge in [0, 0.05) is 6.04 Å². The van der Waals surface area contributed by atoms with Crippen LogP contribution in [0.2, 0.25) is 0 Å². The zero-order valence-electron chi connectivity index (χ0n) is 15.0. The molecular formula is C19H23NO5S2. The highest BCUT2D eigenvalue weighted by molar-refractivity contribution is 7.96. The van der Waals surface area contributed by atoms with Crippen LogP contribution in [0.15, 0.2) is 59.5 Å². The lowest BCUT2D eigenvalue weighted by atomic mass is 10.1. The fraction of sp³-hybridized carbons (Fsp3) is 0.368. The minimum absolute atomic E-state index is 0.111. The Morgan fingerprint density at radius 3 is 2.33 bits per heavy atom. The van der Waals surface area contributed by atoms with Crippen LogP contribution in [0.3, 0.4) is 0 Å². The van der Waals surface area contributed by atoms with Crippen LogP contribution in [-0.4, -0.2) is 53.3 Å². The smallest absolute Gasteiger partial charge is 0.183 e. The maximum Gasteiger partial charge on any atom is 0.183 e. The van der Waals surface area contributed by atoms with Gasteiger partial charge in [-0.05, 0) is 42.8 Å². The number of nitrogens with one attached hydrogen (secondary N) is 1. The van der Waals surface area contributed by atoms with E-state index in [1.807, 2.05) is 30.3 Å². The summed E-state index contributed by atoms with van der Waals surface area (Å²) < 4.78 is 55.4. The van der Waals surface area contributed by atoms with Crippen LogP contribution in [0, 0.1) is 0 Å². The molecule has 0 radical (unpaired) electrons. The summed E-state index contributed by atoms with van der Waals surface area (Å²) in [6.07, 6.45) is 0.701. The molecule has 1 aliphatic heterocycles. The Balaban J connectivity index is 1.76. The Morgan fingerprint density at radius 1 is 1.04 bits per heavy atom. The van der Waals surface area contributed by atoms with E-state index in [2.05, 4.69) is 5.32 Å². The van der Waals surface area contributed by atoms with Crippen LogP contribution in [0.25, 0.3) is 0 Å². The fourth-order valence-corrected chi connectivity index (χ4v) is 8.02. The number of benzene rings is 2. The van der Waals surface area contributed by atoms with Crippen LogP contribution in [0.5, 0.6) is 5.75 Å². The predicted molar refractivity (Wildman–Crippen MR) is 105 cm³/mol. The summed E-state index contributed by atoms with van der Waals surface area (Å²) in [5, 5.41) is 2.16. The molecule has 1 aliphatic rings. The summed E-state index contributed by atoms with van der Waals surface area (Å²) in [7, 11) is -5.69. The van der Waals surface area contributed by atoms with Gasteiger partial charge in [-0.3, -0.25) is 0 Å². The van der Waals surface area contributed by atoms with Crippen molar-refractivity contribution in [3.8, 4) is 5.75 Å². The normalized spacial score (nSPS) is 21.8. The second kappa shape index (κ2) is 8.00. The zero-order chi connectivity index (χ0) is 19.5. The lowest BCUT2D eigenvalue weighted by molar-refractivity contribution is 0.414. The average molecular weight is 410 g/mol. The highest BCUT2D eigenvalue weighted by Crippen LogP contribution is 2.27. The number of hydrogen-bond acceptors (Lipinski definition) is 6. The van der Waals surface area contributed by atoms with Gasteiger partial charge < -0.3 is 10.1 Å². The third kappa shape index (κ3) is 4.69. The molecule has 27 heavy (non-hydrogen) atoms. The summed E-state index contributed by atoms with van der Waals surface area (Å²) in [6, 6.07) is 15.2. The highest BCUT2D eigenvalue weighted by Gasteiger charge is 2.45. The molecule has 146 valence electrons. The van der Waals surface area contributed by atoms with Gasteiger partial charge in [0.05, 0.1) is 28.8 Å². The molecule has 1 fully saturated rings. The van der Waals surface area contributed by atoms with E-state index < -0.39 is 31.0 Å². The van der Waals surface area contributed by atoms with Gasteiger partial charge in [-0.2, -0.15) is 0 Å². The van der Waals surface area contributed by atoms with Gasteiger partial charge in [0.25, 0.3) is 0 Å². The lowest BCUT2D eigenvalue weighted by Crippen LogP contribution is -2.44. The quantitative estimate of drug-likeness (QED) is 0.745. The SMILES string of the molecule is COc1ccc(S(=O)(=O)[C@@H]2CS(=O)(=O)C[C@H]2NCCc2ccccc2)cc1. The van der Waals surface area contributed by atoms with Crippen molar-refractivity contribution < 1.29 is 21.6 Å². The minimum atomic E-state index is -3.78. The first-order valence-corrected chi connectivity index (χ1v) is 12.0. The number of sulfone groups is 2. The van der Waals surface area contributed by atoms with Crippen molar-refractivity contribution >= 4 is 19.7 Å². The van der Waals surface area contributed by atoms with Gasteiger partial charge in [-0.1, -0.05) is 30.3 Å². The molecule has 1 saturated heterocycles. The molecule has 2 aromatic rings. The molecule has 0 aliphatic carbocycles. The average Bonchev–Trinajstić information content (AvgIpc) is 2.98. The first-order chi connectivity index (χ1) is 12.8. The largest absolute Gasteiger partial charge is 0.497 e. The molecule has 0 amide bonds. The van der Waals surface area contributed by atoms with E-state index in [1.165, 1.54) is 19.2 Å². The van der Waals surface area contributed by atoms with Gasteiger partial charge in [-0.25, -0.2) is 16.8 Å². The number of rotatable bonds is 7. The number of methoxy groups -OCH3 is 1. The van der Waals surface area contributed by atoms with Gasteiger partial charge in [0.1, 0.15) is 5.75 Å². The van der Waals surface area contributed by atoms with Crippen molar-refractivity contribution in [1.82, 2.24) is 5.32 Å². The van der Waals surface area contributed by atoms with Gasteiger partial charge in [-0.15, -0.1) is 0 Å². The van der Waals surface area contributed by atoms with Gasteiger partial charge >= 0.3 is 0 Å². The van der Waals surface area contributed by atoms with E-state index in [4.69, 9.17) is 4.74 Å². The Hall–Kier alpha value is -1.90. The summed E-state index contributed by atoms with van der Waals surface area (Å²) in [4.78, 5) is 0.111. The third-order valence-corrected chi connectivity index (χ3v) is 8.92. The van der Waals surface area contributed by atoms with Crippen molar-refractivity contribution in [2.45, 2.75) is 22.6 Å². The maximum absolute atomic E-state index is 13.0. The summed E-state index contributed by atoms with van der Waals surface area (Å²) in [5.74, 6) is 0.0252. The molecule has 1 heterocycles. The van der Waals surface area contributed by atoms with E-state index >= 15 is 0 Å². The molecule has 1 N–H and O–H groups in total. The van der Waals surface area contributed by atoms with Crippen molar-refractivity contribution in [2.24, 2.45) is 0 Å². The van der Waals surface area contributed by atoms with Crippen LogP contribution in [-0.2, 0) is 26.1 Å². The molecule has 0 saturated carbocycles. The second-order valence-electron chi connectivity index (χ2n) is 6.63. The molecule has 0 unspecified atom stereocenters. The number of hydrogen-bond donors (Lipinski definition) is 1. The summed E-state index contributed by atoms with van der Waals surface area (Å²) >= 11 is 0. The minimum Gasteiger partial charge on any atom is -0.497 e. The molecule has 3 rings (SSSR count). The summed E-state index contributed by atoms with van der Waals surface area (Å²) in [6.45, 7) is 0.513. The highest BCUT2D eigenvalue weighted by atomic mass is 32.2. The molecule has 6 nitrogen and oxygen atoms in total. The standard InChI is InChI=1S/C19H23NO5S2/c1-25-16-7-9-17(10-8-16)27(23,24)19-14-26(21,22)13-18(19)20-12-11-15-5-3-2-4-6-15/h2-10,18-20H,11-14H2,1H3/t18-,19-/m1/s1. The maximum atomic E-state index is 13.0. The van der Waals surface area contributed by atoms with E-state index in [9.17, 15) is 16.8 Å². The molecular weight excluding hydrogens is 386 g/mol. The molecule has 0 spiro atoms. The Labute approximate surface area is 160 Å². The lowest BCUT2D eigenvalue weighted by Gasteiger charge is -2.20. The van der Waals surface area contributed by atoms with Crippen molar-refractivity contribution in [3.63, 3.8) is 0 Å². The van der Waals surface area contributed by atoms with Crippen molar-refractivity contribution in [1.29, 1.82) is 0 Å². The van der Waals surface area contributed by atoms with E-state index in [0.717, 1.165) is 5.56 Å². The third-order valence-electron chi connectivity index (χ3n) is 4.75. The van der Waals surface area contributed by atoms with Gasteiger partial charge in [0.15, 0.2) is 19.7 Å². The molecule has 2 atom stereocenters. The molecule has 0 bridgehead atoms. The topological polar surface area (TPSA) is 89.5 Å². The predicted octanol–water partition coefficient (Wildman–Crippen LogP) is 1.47. The molecule has 0 aromatic heterocycles. The monoisotopic (exact) mass is 409 g/mol. The molecule has 2 aromatic carbocycles. The van der Waals surface area contributed by atoms with Crippen molar-refractivity contribution in [2.75, 3.05) is 25.2 Å². The van der Waals surface area contributed by atoms with E-state index in [1.54, 1.807) is 12.1 Å². The first kappa shape index (κ1) is 19.9. The molecule has 8 heteroatoms. The zero-order valence-corrected chi connectivity index (χ0v) is 16.7. The Kier molecular flexibility index (Phi) is 5.88. The van der Waals surface area contributed by atoms with Crippen LogP contribution in [0.1, 0.15) is 5.56 Å². The van der Waals surface area contributed by atoms with Crippen LogP contribution < -0.4 is 10.1 Å². The van der Waals surface area contributed by atoms with Crippen molar-refractivity contribution in [3.05, 3.63) is 60.2 Å². The fourth-order valence-electron chi connectivity index (χ4n) is 3.30. The summed E-state index contributed by atoms with van der Waals surface area (Å²) in [5.41, 5.74) is 1.11. The Morgan fingerprint density at radius 2 is 1.70 bits per heavy atom. The second-order valence-corrected chi connectivity index (χ2v) is 11.0. The van der Waals surface area contributed by atoms with E-state index in [-0.39, 0.29) is 16.4 Å². The van der Waals surface area contributed by atoms with Gasteiger partial charge in [0.2, 0.25) is 0 Å². The van der Waals surface area contributed by atoms with Crippen LogP contribution >= 0.6 is 0 Å².